The first-order valence-corrected chi connectivity index (χ1v) is 9.50. The highest BCUT2D eigenvalue weighted by Gasteiger charge is 2.30. The van der Waals surface area contributed by atoms with Gasteiger partial charge in [0.1, 0.15) is 0 Å². The molecule has 0 aliphatic carbocycles. The van der Waals surface area contributed by atoms with E-state index in [9.17, 15) is 17.7 Å². The fraction of sp³-hybridized carbons (Fsp3) is 0.0500. The molecule has 132 valence electrons. The molecule has 0 saturated carbocycles. The Kier molecular flexibility index (Phi) is 5.10. The SMILES string of the molecule is O=P(N=Cc1ccc(C(F)(F)F)cc1)(c1ccccc1)c1ccccc1. The Bertz CT molecular complexity index is 893. The second-order valence-electron chi connectivity index (χ2n) is 5.61. The van der Waals surface area contributed by atoms with E-state index in [1.807, 2.05) is 12.1 Å². The van der Waals surface area contributed by atoms with Crippen molar-refractivity contribution in [2.75, 3.05) is 0 Å². The first kappa shape index (κ1) is 18.2. The molecule has 0 unspecified atom stereocenters. The van der Waals surface area contributed by atoms with E-state index in [2.05, 4.69) is 4.76 Å². The Morgan fingerprint density at radius 1 is 0.731 bits per heavy atom. The van der Waals surface area contributed by atoms with Crippen LogP contribution in [0.3, 0.4) is 0 Å². The van der Waals surface area contributed by atoms with Crippen LogP contribution in [0.1, 0.15) is 11.1 Å². The molecule has 0 atom stereocenters. The summed E-state index contributed by atoms with van der Waals surface area (Å²) in [5.41, 5.74) is -0.283. The Balaban J connectivity index is 1.99. The maximum atomic E-state index is 13.6. The van der Waals surface area contributed by atoms with Gasteiger partial charge in [0.05, 0.1) is 5.56 Å². The van der Waals surface area contributed by atoms with Crippen LogP contribution in [-0.2, 0) is 10.7 Å². The van der Waals surface area contributed by atoms with Gasteiger partial charge in [0.25, 0.3) is 0 Å². The zero-order valence-electron chi connectivity index (χ0n) is 13.6. The normalized spacial score (nSPS) is 12.4. The fourth-order valence-corrected chi connectivity index (χ4v) is 4.46. The van der Waals surface area contributed by atoms with E-state index >= 15 is 0 Å². The van der Waals surface area contributed by atoms with E-state index in [0.29, 0.717) is 16.2 Å². The minimum absolute atomic E-state index is 0.449. The molecule has 3 aromatic carbocycles. The van der Waals surface area contributed by atoms with Crippen LogP contribution in [0.4, 0.5) is 13.2 Å². The van der Waals surface area contributed by atoms with E-state index in [4.69, 9.17) is 0 Å². The van der Waals surface area contributed by atoms with Crippen LogP contribution in [-0.4, -0.2) is 6.21 Å². The standard InChI is InChI=1S/C20H15F3NOP/c21-20(22,23)17-13-11-16(12-14-17)15-24-26(25,18-7-3-1-4-8-18)19-9-5-2-6-10-19/h1-15H. The zero-order valence-corrected chi connectivity index (χ0v) is 14.5. The highest BCUT2D eigenvalue weighted by molar-refractivity contribution is 7.77. The summed E-state index contributed by atoms with van der Waals surface area (Å²) in [5.74, 6) is 0. The number of alkyl halides is 3. The van der Waals surface area contributed by atoms with Gasteiger partial charge >= 0.3 is 6.18 Å². The lowest BCUT2D eigenvalue weighted by molar-refractivity contribution is -0.137. The topological polar surface area (TPSA) is 29.4 Å². The molecule has 0 saturated heterocycles. The molecule has 26 heavy (non-hydrogen) atoms. The van der Waals surface area contributed by atoms with Crippen LogP contribution < -0.4 is 10.6 Å². The second kappa shape index (κ2) is 7.30. The average Bonchev–Trinajstić information content (AvgIpc) is 2.67. The third-order valence-corrected chi connectivity index (χ3v) is 6.26. The molecule has 6 heteroatoms. The molecule has 0 aliphatic heterocycles. The summed E-state index contributed by atoms with van der Waals surface area (Å²) in [5, 5.41) is 1.13. The zero-order chi connectivity index (χ0) is 18.6. The van der Waals surface area contributed by atoms with Gasteiger partial charge in [0, 0.05) is 16.8 Å². The van der Waals surface area contributed by atoms with Gasteiger partial charge in [-0.25, -0.2) is 4.76 Å². The van der Waals surface area contributed by atoms with E-state index in [0.717, 1.165) is 12.1 Å². The van der Waals surface area contributed by atoms with Gasteiger partial charge in [-0.05, 0) is 42.0 Å². The molecule has 3 rings (SSSR count). The van der Waals surface area contributed by atoms with Crippen LogP contribution >= 0.6 is 7.29 Å². The van der Waals surface area contributed by atoms with Crippen molar-refractivity contribution in [2.24, 2.45) is 4.76 Å². The Morgan fingerprint density at radius 3 is 1.62 bits per heavy atom. The highest BCUT2D eigenvalue weighted by atomic mass is 31.2. The molecule has 0 radical (unpaired) electrons. The van der Waals surface area contributed by atoms with Gasteiger partial charge in [0.15, 0.2) is 0 Å². The van der Waals surface area contributed by atoms with Crippen LogP contribution in [0.2, 0.25) is 0 Å². The lowest BCUT2D eigenvalue weighted by Crippen LogP contribution is -2.14. The van der Waals surface area contributed by atoms with Crippen molar-refractivity contribution >= 4 is 24.1 Å². The van der Waals surface area contributed by atoms with Crippen molar-refractivity contribution < 1.29 is 17.7 Å². The summed E-state index contributed by atoms with van der Waals surface area (Å²) in [6.45, 7) is 0. The minimum atomic E-state index is -4.39. The molecule has 0 heterocycles. The van der Waals surface area contributed by atoms with Crippen molar-refractivity contribution in [1.29, 1.82) is 0 Å². The van der Waals surface area contributed by atoms with Crippen molar-refractivity contribution in [3.63, 3.8) is 0 Å². The number of benzene rings is 3. The molecule has 0 aromatic heterocycles. The highest BCUT2D eigenvalue weighted by Crippen LogP contribution is 2.44. The summed E-state index contributed by atoms with van der Waals surface area (Å²) >= 11 is 0. The number of rotatable bonds is 4. The number of halogens is 3. The third-order valence-electron chi connectivity index (χ3n) is 3.82. The maximum absolute atomic E-state index is 13.6. The lowest BCUT2D eigenvalue weighted by Gasteiger charge is -2.14. The largest absolute Gasteiger partial charge is 0.416 e. The van der Waals surface area contributed by atoms with E-state index in [-0.39, 0.29) is 0 Å². The predicted octanol–water partition coefficient (Wildman–Crippen LogP) is 5.05. The summed E-state index contributed by atoms with van der Waals surface area (Å²) in [6.07, 6.45) is -3.03. The summed E-state index contributed by atoms with van der Waals surface area (Å²) in [7, 11) is -3.29. The first-order valence-electron chi connectivity index (χ1n) is 7.84. The monoisotopic (exact) mass is 373 g/mol. The van der Waals surface area contributed by atoms with Crippen LogP contribution in [0.15, 0.2) is 89.7 Å². The van der Waals surface area contributed by atoms with E-state index in [1.54, 1.807) is 48.5 Å². The number of hydrogen-bond donors (Lipinski definition) is 0. The van der Waals surface area contributed by atoms with Gasteiger partial charge in [-0.15, -0.1) is 0 Å². The molecule has 0 aliphatic rings. The average molecular weight is 373 g/mol. The first-order chi connectivity index (χ1) is 12.4. The van der Waals surface area contributed by atoms with Crippen molar-refractivity contribution in [1.82, 2.24) is 0 Å². The van der Waals surface area contributed by atoms with Crippen molar-refractivity contribution in [3.8, 4) is 0 Å². The number of nitrogens with zero attached hydrogens (tertiary/aromatic N) is 1. The Hall–Kier alpha value is -2.65. The maximum Gasteiger partial charge on any atom is 0.416 e. The van der Waals surface area contributed by atoms with E-state index in [1.165, 1.54) is 18.3 Å². The Morgan fingerprint density at radius 2 is 1.19 bits per heavy atom. The minimum Gasteiger partial charge on any atom is -0.288 e. The summed E-state index contributed by atoms with van der Waals surface area (Å²) in [6, 6.07) is 22.3. The van der Waals surface area contributed by atoms with E-state index < -0.39 is 19.0 Å². The van der Waals surface area contributed by atoms with Crippen LogP contribution in [0.25, 0.3) is 0 Å². The van der Waals surface area contributed by atoms with Gasteiger partial charge in [-0.3, -0.25) is 4.57 Å². The summed E-state index contributed by atoms with van der Waals surface area (Å²) in [4.78, 5) is 0. The lowest BCUT2D eigenvalue weighted by atomic mass is 10.1. The molecule has 0 amide bonds. The molecular formula is C20H15F3NOP. The molecule has 0 fully saturated rings. The van der Waals surface area contributed by atoms with Crippen LogP contribution in [0, 0.1) is 0 Å². The molecule has 2 nitrogen and oxygen atoms in total. The number of hydrogen-bond acceptors (Lipinski definition) is 1. The van der Waals surface area contributed by atoms with Gasteiger partial charge in [-0.2, -0.15) is 13.2 Å². The van der Waals surface area contributed by atoms with Crippen molar-refractivity contribution in [3.05, 3.63) is 96.1 Å². The Labute approximate surface area is 149 Å². The third kappa shape index (κ3) is 3.94. The smallest absolute Gasteiger partial charge is 0.288 e. The molecule has 3 aromatic rings. The van der Waals surface area contributed by atoms with Gasteiger partial charge in [-0.1, -0.05) is 48.5 Å². The van der Waals surface area contributed by atoms with Gasteiger partial charge < -0.3 is 0 Å². The quantitative estimate of drug-likeness (QED) is 0.465. The fourth-order valence-electron chi connectivity index (χ4n) is 2.45. The van der Waals surface area contributed by atoms with Gasteiger partial charge in [0.2, 0.25) is 7.29 Å². The molecule has 0 N–H and O–H groups in total. The second-order valence-corrected chi connectivity index (χ2v) is 8.03. The van der Waals surface area contributed by atoms with Crippen LogP contribution in [0.5, 0.6) is 0 Å². The predicted molar refractivity (Wildman–Crippen MR) is 98.8 cm³/mol. The summed E-state index contributed by atoms with van der Waals surface area (Å²) < 4.78 is 55.9. The molecular weight excluding hydrogens is 358 g/mol. The molecule has 0 bridgehead atoms. The molecule has 0 spiro atoms. The van der Waals surface area contributed by atoms with Crippen molar-refractivity contribution in [2.45, 2.75) is 6.18 Å².